The van der Waals surface area contributed by atoms with Crippen LogP contribution in [0.1, 0.15) is 0 Å². The quantitative estimate of drug-likeness (QED) is 0.754. The van der Waals surface area contributed by atoms with Gasteiger partial charge in [-0.05, 0) is 12.1 Å². The third-order valence-corrected chi connectivity index (χ3v) is 1.95. The lowest BCUT2D eigenvalue weighted by molar-refractivity contribution is 0.619. The molecule has 0 aliphatic heterocycles. The van der Waals surface area contributed by atoms with Crippen molar-refractivity contribution in [2.75, 3.05) is 5.73 Å². The lowest BCUT2D eigenvalue weighted by atomic mass is 10.3. The average Bonchev–Trinajstić information content (AvgIpc) is 2.22. The van der Waals surface area contributed by atoms with E-state index in [1.807, 2.05) is 0 Å². The largest absolute Gasteiger partial charge is 0.394 e. The van der Waals surface area contributed by atoms with Gasteiger partial charge in [0, 0.05) is 12.3 Å². The third-order valence-electron chi connectivity index (χ3n) is 1.95. The summed E-state index contributed by atoms with van der Waals surface area (Å²) in [6, 6.07) is 4.32. The van der Waals surface area contributed by atoms with Crippen molar-refractivity contribution >= 4 is 5.69 Å². The van der Waals surface area contributed by atoms with Crippen LogP contribution in [-0.4, -0.2) is 9.55 Å². The minimum atomic E-state index is -0.498. The number of halogens is 1. The molecule has 0 saturated carbocycles. The van der Waals surface area contributed by atoms with Gasteiger partial charge in [0.15, 0.2) is 0 Å². The van der Waals surface area contributed by atoms with Crippen molar-refractivity contribution in [1.82, 2.24) is 9.55 Å². The molecule has 0 aliphatic carbocycles. The predicted molar refractivity (Wildman–Crippen MR) is 54.2 cm³/mol. The predicted octanol–water partition coefficient (Wildman–Crippen LogP) is 0.954. The highest BCUT2D eigenvalue weighted by Crippen LogP contribution is 2.05. The summed E-state index contributed by atoms with van der Waals surface area (Å²) < 4.78 is 14.1. The number of nitrogens with zero attached hydrogens (tertiary/aromatic N) is 2. The third kappa shape index (κ3) is 1.71. The second-order valence-corrected chi connectivity index (χ2v) is 3.00. The summed E-state index contributed by atoms with van der Waals surface area (Å²) in [6.07, 6.45) is 3.97. The van der Waals surface area contributed by atoms with Crippen molar-refractivity contribution in [3.8, 4) is 5.69 Å². The molecule has 0 fully saturated rings. The Bertz CT molecular complexity index is 550. The lowest BCUT2D eigenvalue weighted by Crippen LogP contribution is -2.20. The average molecular weight is 205 g/mol. The van der Waals surface area contributed by atoms with E-state index in [9.17, 15) is 9.18 Å². The maximum absolute atomic E-state index is 12.9. The zero-order valence-corrected chi connectivity index (χ0v) is 7.72. The van der Waals surface area contributed by atoms with E-state index < -0.39 is 5.82 Å². The van der Waals surface area contributed by atoms with Gasteiger partial charge >= 0.3 is 0 Å². The Morgan fingerprint density at radius 1 is 1.40 bits per heavy atom. The molecule has 0 radical (unpaired) electrons. The van der Waals surface area contributed by atoms with Gasteiger partial charge in [-0.2, -0.15) is 0 Å². The van der Waals surface area contributed by atoms with Gasteiger partial charge in [0.1, 0.15) is 5.82 Å². The normalized spacial score (nSPS) is 10.2. The van der Waals surface area contributed by atoms with Gasteiger partial charge in [0.05, 0.1) is 23.8 Å². The highest BCUT2D eigenvalue weighted by Gasteiger charge is 2.02. The lowest BCUT2D eigenvalue weighted by Gasteiger charge is -2.05. The SMILES string of the molecule is Nc1cccn(-c2cncc(F)c2)c1=O. The fourth-order valence-corrected chi connectivity index (χ4v) is 1.25. The van der Waals surface area contributed by atoms with E-state index in [-0.39, 0.29) is 11.2 Å². The standard InChI is InChI=1S/C10H8FN3O/c11-7-4-8(6-13-5-7)14-3-1-2-9(12)10(14)15/h1-6H,12H2. The summed E-state index contributed by atoms with van der Waals surface area (Å²) in [4.78, 5) is 15.2. The Kier molecular flexibility index (Phi) is 2.21. The summed E-state index contributed by atoms with van der Waals surface area (Å²) in [5.74, 6) is -0.498. The maximum atomic E-state index is 12.9. The van der Waals surface area contributed by atoms with Crippen LogP contribution in [0.25, 0.3) is 5.69 Å². The van der Waals surface area contributed by atoms with Crippen LogP contribution in [0.3, 0.4) is 0 Å². The van der Waals surface area contributed by atoms with E-state index in [0.29, 0.717) is 5.69 Å². The van der Waals surface area contributed by atoms with Gasteiger partial charge in [-0.25, -0.2) is 4.39 Å². The molecule has 2 rings (SSSR count). The summed E-state index contributed by atoms with van der Waals surface area (Å²) in [5, 5.41) is 0. The van der Waals surface area contributed by atoms with Crippen LogP contribution in [0.4, 0.5) is 10.1 Å². The molecule has 5 heteroatoms. The molecule has 0 unspecified atom stereocenters. The number of nitrogen functional groups attached to an aromatic ring is 1. The second-order valence-electron chi connectivity index (χ2n) is 3.00. The second kappa shape index (κ2) is 3.53. The molecule has 0 spiro atoms. The fourth-order valence-electron chi connectivity index (χ4n) is 1.25. The van der Waals surface area contributed by atoms with Crippen molar-refractivity contribution in [3.05, 3.63) is 53.0 Å². The van der Waals surface area contributed by atoms with Crippen LogP contribution in [0, 0.1) is 5.82 Å². The highest BCUT2D eigenvalue weighted by atomic mass is 19.1. The van der Waals surface area contributed by atoms with Crippen molar-refractivity contribution < 1.29 is 4.39 Å². The molecular formula is C10H8FN3O. The van der Waals surface area contributed by atoms with Crippen molar-refractivity contribution in [2.45, 2.75) is 0 Å². The van der Waals surface area contributed by atoms with Crippen molar-refractivity contribution in [3.63, 3.8) is 0 Å². The molecule has 2 aromatic heterocycles. The molecule has 2 heterocycles. The van der Waals surface area contributed by atoms with E-state index in [1.165, 1.54) is 29.1 Å². The highest BCUT2D eigenvalue weighted by molar-refractivity contribution is 5.39. The number of anilines is 1. The zero-order valence-electron chi connectivity index (χ0n) is 7.72. The first-order valence-electron chi connectivity index (χ1n) is 4.26. The molecule has 2 N–H and O–H groups in total. The summed E-state index contributed by atoms with van der Waals surface area (Å²) in [7, 11) is 0. The minimum Gasteiger partial charge on any atom is -0.394 e. The smallest absolute Gasteiger partial charge is 0.278 e. The summed E-state index contributed by atoms with van der Waals surface area (Å²) >= 11 is 0. The molecule has 2 aromatic rings. The molecule has 0 atom stereocenters. The van der Waals surface area contributed by atoms with E-state index >= 15 is 0 Å². The van der Waals surface area contributed by atoms with Crippen molar-refractivity contribution in [2.24, 2.45) is 0 Å². The topological polar surface area (TPSA) is 60.9 Å². The Labute approximate surface area is 84.8 Å². The number of hydrogen-bond donors (Lipinski definition) is 1. The van der Waals surface area contributed by atoms with Crippen LogP contribution >= 0.6 is 0 Å². The molecule has 0 amide bonds. The van der Waals surface area contributed by atoms with Crippen LogP contribution in [0.5, 0.6) is 0 Å². The first-order chi connectivity index (χ1) is 7.18. The van der Waals surface area contributed by atoms with E-state index in [2.05, 4.69) is 4.98 Å². The number of nitrogens with two attached hydrogens (primary N) is 1. The van der Waals surface area contributed by atoms with E-state index in [4.69, 9.17) is 5.73 Å². The van der Waals surface area contributed by atoms with Gasteiger partial charge in [-0.3, -0.25) is 14.3 Å². The number of hydrogen-bond acceptors (Lipinski definition) is 3. The first kappa shape index (κ1) is 9.39. The molecule has 76 valence electrons. The first-order valence-corrected chi connectivity index (χ1v) is 4.26. The zero-order chi connectivity index (χ0) is 10.8. The van der Waals surface area contributed by atoms with Gasteiger partial charge in [0.2, 0.25) is 0 Å². The number of aromatic nitrogens is 2. The Balaban J connectivity index is 2.65. The van der Waals surface area contributed by atoms with Crippen LogP contribution in [-0.2, 0) is 0 Å². The minimum absolute atomic E-state index is 0.113. The monoisotopic (exact) mass is 205 g/mol. The molecule has 0 aliphatic rings. The van der Waals surface area contributed by atoms with Crippen LogP contribution in [0.2, 0.25) is 0 Å². The Morgan fingerprint density at radius 2 is 2.20 bits per heavy atom. The summed E-state index contributed by atoms with van der Waals surface area (Å²) in [5.41, 5.74) is 5.53. The molecule has 0 bridgehead atoms. The number of rotatable bonds is 1. The summed E-state index contributed by atoms with van der Waals surface area (Å²) in [6.45, 7) is 0. The van der Waals surface area contributed by atoms with Crippen LogP contribution in [0.15, 0.2) is 41.6 Å². The Hall–Kier alpha value is -2.17. The van der Waals surface area contributed by atoms with Gasteiger partial charge in [0.25, 0.3) is 5.56 Å². The van der Waals surface area contributed by atoms with E-state index in [0.717, 1.165) is 6.20 Å². The van der Waals surface area contributed by atoms with Crippen LogP contribution < -0.4 is 11.3 Å². The Morgan fingerprint density at radius 3 is 2.93 bits per heavy atom. The number of pyridine rings is 2. The molecule has 4 nitrogen and oxygen atoms in total. The van der Waals surface area contributed by atoms with E-state index in [1.54, 1.807) is 6.07 Å². The molecule has 0 aromatic carbocycles. The van der Waals surface area contributed by atoms with Gasteiger partial charge in [-0.1, -0.05) is 0 Å². The van der Waals surface area contributed by atoms with Gasteiger partial charge in [-0.15, -0.1) is 0 Å². The van der Waals surface area contributed by atoms with Gasteiger partial charge < -0.3 is 5.73 Å². The molecular weight excluding hydrogens is 197 g/mol. The maximum Gasteiger partial charge on any atom is 0.278 e. The fraction of sp³-hybridized carbons (Fsp3) is 0. The molecule has 15 heavy (non-hydrogen) atoms. The molecule has 0 saturated heterocycles. The van der Waals surface area contributed by atoms with Crippen molar-refractivity contribution in [1.29, 1.82) is 0 Å².